The fourth-order valence-electron chi connectivity index (χ4n) is 2.97. The average Bonchev–Trinajstić information content (AvgIpc) is 2.99. The van der Waals surface area contributed by atoms with Gasteiger partial charge >= 0.3 is 6.03 Å². The molecule has 0 atom stereocenters. The van der Waals surface area contributed by atoms with E-state index in [2.05, 4.69) is 5.32 Å². The van der Waals surface area contributed by atoms with Gasteiger partial charge in [-0.3, -0.25) is 14.9 Å². The third kappa shape index (κ3) is 4.35. The summed E-state index contributed by atoms with van der Waals surface area (Å²) >= 11 is 1.09. The van der Waals surface area contributed by atoms with Crippen LogP contribution in [0.4, 0.5) is 9.80 Å². The van der Waals surface area contributed by atoms with Gasteiger partial charge in [0.25, 0.3) is 5.91 Å². The first-order valence-corrected chi connectivity index (χ1v) is 9.43. The number of Topliss-reactive ketones (excluding diaryl/α,β-unsaturated/α-hetero) is 1. The fourth-order valence-corrected chi connectivity index (χ4v) is 4.11. The molecule has 3 rings (SSSR count). The minimum absolute atomic E-state index is 0.113. The van der Waals surface area contributed by atoms with Gasteiger partial charge in [0.15, 0.2) is 5.78 Å². The van der Waals surface area contributed by atoms with Gasteiger partial charge < -0.3 is 15.4 Å². The van der Waals surface area contributed by atoms with Gasteiger partial charge in [0.1, 0.15) is 5.00 Å². The SMILES string of the molecule is Cc1c(C(=O)Cc2ccccc2)sc(NC(=O)N2CCOCC2)c1C(N)=O. The van der Waals surface area contributed by atoms with Crippen molar-refractivity contribution in [2.75, 3.05) is 31.6 Å². The van der Waals surface area contributed by atoms with Gasteiger partial charge in [0, 0.05) is 19.5 Å². The molecule has 8 heteroatoms. The van der Waals surface area contributed by atoms with Gasteiger partial charge in [-0.05, 0) is 18.1 Å². The van der Waals surface area contributed by atoms with E-state index in [9.17, 15) is 14.4 Å². The molecule has 0 spiro atoms. The molecule has 0 saturated carbocycles. The van der Waals surface area contributed by atoms with Gasteiger partial charge in [-0.1, -0.05) is 30.3 Å². The monoisotopic (exact) mass is 387 g/mol. The van der Waals surface area contributed by atoms with Crippen LogP contribution < -0.4 is 11.1 Å². The van der Waals surface area contributed by atoms with Crippen LogP contribution in [0.25, 0.3) is 0 Å². The highest BCUT2D eigenvalue weighted by molar-refractivity contribution is 7.18. The summed E-state index contributed by atoms with van der Waals surface area (Å²) in [5, 5.41) is 3.05. The van der Waals surface area contributed by atoms with E-state index >= 15 is 0 Å². The number of nitrogens with two attached hydrogens (primary N) is 1. The molecule has 1 saturated heterocycles. The molecule has 0 unspecified atom stereocenters. The summed E-state index contributed by atoms with van der Waals surface area (Å²) in [4.78, 5) is 39.2. The van der Waals surface area contributed by atoms with E-state index in [-0.39, 0.29) is 23.8 Å². The Balaban J connectivity index is 1.83. The highest BCUT2D eigenvalue weighted by Gasteiger charge is 2.26. The van der Waals surface area contributed by atoms with Gasteiger partial charge in [0.2, 0.25) is 0 Å². The number of nitrogens with zero attached hydrogens (tertiary/aromatic N) is 1. The molecule has 0 aliphatic carbocycles. The van der Waals surface area contributed by atoms with E-state index < -0.39 is 5.91 Å². The quantitative estimate of drug-likeness (QED) is 0.769. The Labute approximate surface area is 161 Å². The standard InChI is InChI=1S/C19H21N3O4S/c1-12-15(17(20)24)18(21-19(25)22-7-9-26-10-8-22)27-16(12)14(23)11-13-5-3-2-4-6-13/h2-6H,7-11H2,1H3,(H2,20,24)(H,21,25). The minimum Gasteiger partial charge on any atom is -0.378 e. The molecule has 1 aromatic heterocycles. The molecule has 2 heterocycles. The van der Waals surface area contributed by atoms with Gasteiger partial charge in [-0.25, -0.2) is 4.79 Å². The predicted molar refractivity (Wildman–Crippen MR) is 103 cm³/mol. The van der Waals surface area contributed by atoms with E-state index in [1.807, 2.05) is 30.3 Å². The zero-order valence-electron chi connectivity index (χ0n) is 15.0. The lowest BCUT2D eigenvalue weighted by Gasteiger charge is -2.26. The summed E-state index contributed by atoms with van der Waals surface area (Å²) in [6.07, 6.45) is 0.219. The topological polar surface area (TPSA) is 102 Å². The van der Waals surface area contributed by atoms with Crippen LogP contribution in [0.1, 0.15) is 31.2 Å². The molecule has 3 N–H and O–H groups in total. The van der Waals surface area contributed by atoms with Crippen molar-refractivity contribution in [2.24, 2.45) is 5.73 Å². The number of hydrogen-bond acceptors (Lipinski definition) is 5. The molecule has 3 amide bonds. The first kappa shape index (κ1) is 19.1. The molecule has 1 aliphatic heterocycles. The summed E-state index contributed by atoms with van der Waals surface area (Å²) in [6, 6.07) is 9.03. The van der Waals surface area contributed by atoms with Crippen molar-refractivity contribution in [3.63, 3.8) is 0 Å². The van der Waals surface area contributed by atoms with E-state index in [0.717, 1.165) is 16.9 Å². The van der Waals surface area contributed by atoms with Crippen LogP contribution in [0.3, 0.4) is 0 Å². The molecule has 142 valence electrons. The molecule has 1 aliphatic rings. The second kappa shape index (κ2) is 8.32. The number of ketones is 1. The van der Waals surface area contributed by atoms with Crippen LogP contribution in [0.2, 0.25) is 0 Å². The van der Waals surface area contributed by atoms with E-state index in [1.54, 1.807) is 11.8 Å². The molecule has 27 heavy (non-hydrogen) atoms. The van der Waals surface area contributed by atoms with Crippen molar-refractivity contribution in [2.45, 2.75) is 13.3 Å². The van der Waals surface area contributed by atoms with Crippen molar-refractivity contribution >= 4 is 34.1 Å². The molecule has 0 bridgehead atoms. The summed E-state index contributed by atoms with van der Waals surface area (Å²) < 4.78 is 5.24. The number of carbonyl (C=O) groups excluding carboxylic acids is 3. The summed E-state index contributed by atoms with van der Waals surface area (Å²) in [6.45, 7) is 3.57. The number of benzene rings is 1. The Hall–Kier alpha value is -2.71. The van der Waals surface area contributed by atoms with Gasteiger partial charge in [-0.15, -0.1) is 11.3 Å². The maximum Gasteiger partial charge on any atom is 0.322 e. The molecule has 7 nitrogen and oxygen atoms in total. The van der Waals surface area contributed by atoms with Gasteiger partial charge in [0.05, 0.1) is 23.7 Å². The number of carbonyl (C=O) groups is 3. The lowest BCUT2D eigenvalue weighted by Crippen LogP contribution is -2.43. The molecule has 0 radical (unpaired) electrons. The van der Waals surface area contributed by atoms with Crippen molar-refractivity contribution in [1.82, 2.24) is 4.90 Å². The normalized spacial score (nSPS) is 14.0. The van der Waals surface area contributed by atoms with Crippen LogP contribution in [0.15, 0.2) is 30.3 Å². The summed E-state index contributed by atoms with van der Waals surface area (Å²) in [5.74, 6) is -0.780. The number of anilines is 1. The van der Waals surface area contributed by atoms with Crippen molar-refractivity contribution in [1.29, 1.82) is 0 Å². The summed E-state index contributed by atoms with van der Waals surface area (Å²) in [5.41, 5.74) is 7.09. The van der Waals surface area contributed by atoms with Crippen LogP contribution in [-0.2, 0) is 11.2 Å². The third-order valence-electron chi connectivity index (χ3n) is 4.37. The number of primary amides is 1. The summed E-state index contributed by atoms with van der Waals surface area (Å²) in [7, 11) is 0. The third-order valence-corrected chi connectivity index (χ3v) is 5.62. The van der Waals surface area contributed by atoms with Crippen molar-refractivity contribution < 1.29 is 19.1 Å². The highest BCUT2D eigenvalue weighted by atomic mass is 32.1. The highest BCUT2D eigenvalue weighted by Crippen LogP contribution is 2.34. The molecular weight excluding hydrogens is 366 g/mol. The number of morpholine rings is 1. The van der Waals surface area contributed by atoms with Gasteiger partial charge in [-0.2, -0.15) is 0 Å². The van der Waals surface area contributed by atoms with E-state index in [4.69, 9.17) is 10.5 Å². The Morgan fingerprint density at radius 3 is 2.48 bits per heavy atom. The second-order valence-electron chi connectivity index (χ2n) is 6.24. The Morgan fingerprint density at radius 2 is 1.85 bits per heavy atom. The number of hydrogen-bond donors (Lipinski definition) is 2. The van der Waals surface area contributed by atoms with Crippen LogP contribution >= 0.6 is 11.3 Å². The number of amides is 3. The number of urea groups is 1. The lowest BCUT2D eigenvalue weighted by molar-refractivity contribution is 0.0565. The maximum atomic E-state index is 12.7. The largest absolute Gasteiger partial charge is 0.378 e. The van der Waals surface area contributed by atoms with E-state index in [0.29, 0.717) is 41.7 Å². The number of nitrogens with one attached hydrogen (secondary N) is 1. The van der Waals surface area contributed by atoms with Crippen molar-refractivity contribution in [3.05, 3.63) is 51.9 Å². The second-order valence-corrected chi connectivity index (χ2v) is 7.26. The smallest absolute Gasteiger partial charge is 0.322 e. The number of thiophene rings is 1. The van der Waals surface area contributed by atoms with E-state index in [1.165, 1.54) is 0 Å². The van der Waals surface area contributed by atoms with Crippen molar-refractivity contribution in [3.8, 4) is 0 Å². The maximum absolute atomic E-state index is 12.7. The molecule has 1 aromatic carbocycles. The number of ether oxygens (including phenoxy) is 1. The Bertz CT molecular complexity index is 857. The molecule has 2 aromatic rings. The fraction of sp³-hybridized carbons (Fsp3) is 0.316. The van der Waals surface area contributed by atoms with Crippen LogP contribution in [0, 0.1) is 6.92 Å². The van der Waals surface area contributed by atoms with Crippen LogP contribution in [-0.4, -0.2) is 48.9 Å². The lowest BCUT2D eigenvalue weighted by atomic mass is 10.0. The number of rotatable bonds is 5. The predicted octanol–water partition coefficient (Wildman–Crippen LogP) is 2.44. The zero-order valence-corrected chi connectivity index (χ0v) is 15.8. The molecular formula is C19H21N3O4S. The molecule has 1 fully saturated rings. The van der Waals surface area contributed by atoms with Crippen LogP contribution in [0.5, 0.6) is 0 Å². The first-order valence-electron chi connectivity index (χ1n) is 8.61. The first-order chi connectivity index (χ1) is 13.0. The average molecular weight is 387 g/mol. The zero-order chi connectivity index (χ0) is 19.4. The Kier molecular flexibility index (Phi) is 5.88. The minimum atomic E-state index is -0.667. The Morgan fingerprint density at radius 1 is 1.19 bits per heavy atom.